The van der Waals surface area contributed by atoms with E-state index in [4.69, 9.17) is 27.9 Å². The van der Waals surface area contributed by atoms with E-state index in [1.165, 1.54) is 0 Å². The zero-order chi connectivity index (χ0) is 27.2. The average Bonchev–Trinajstić information content (AvgIpc) is 2.88. The van der Waals surface area contributed by atoms with E-state index in [9.17, 15) is 15.0 Å². The molecule has 1 saturated heterocycles. The van der Waals surface area contributed by atoms with Crippen LogP contribution in [0.3, 0.4) is 0 Å². The zero-order valence-electron chi connectivity index (χ0n) is 21.6. The molecule has 1 aliphatic heterocycles. The molecule has 0 aliphatic carbocycles. The Bertz CT molecular complexity index is 1340. The lowest BCUT2D eigenvalue weighted by Crippen LogP contribution is -2.41. The summed E-state index contributed by atoms with van der Waals surface area (Å²) in [5.41, 5.74) is 3.31. The summed E-state index contributed by atoms with van der Waals surface area (Å²) in [4.78, 5) is 18.2. The Hall–Kier alpha value is -2.82. The van der Waals surface area contributed by atoms with Crippen molar-refractivity contribution in [3.05, 3.63) is 69.3 Å². The Morgan fingerprint density at radius 1 is 1.24 bits per heavy atom. The molecule has 200 valence electrons. The van der Waals surface area contributed by atoms with Crippen molar-refractivity contribution in [3.8, 4) is 17.6 Å². The molecular weight excluding hydrogens is 523 g/mol. The van der Waals surface area contributed by atoms with Crippen LogP contribution in [0.5, 0.6) is 5.75 Å². The second kappa shape index (κ2) is 12.8. The number of methoxy groups -OCH3 is 1. The molecule has 0 saturated carbocycles. The van der Waals surface area contributed by atoms with Gasteiger partial charge in [0.25, 0.3) is 0 Å². The number of halogens is 2. The number of aliphatic hydroxyl groups is 1. The van der Waals surface area contributed by atoms with Gasteiger partial charge in [-0.25, -0.2) is 0 Å². The molecule has 1 aromatic heterocycles. The molecule has 6 nitrogen and oxygen atoms in total. The van der Waals surface area contributed by atoms with Gasteiger partial charge in [0.15, 0.2) is 0 Å². The number of carboxylic acid groups (broad SMARTS) is 1. The number of rotatable bonds is 8. The minimum atomic E-state index is -0.802. The first kappa shape index (κ1) is 28.2. The largest absolute Gasteiger partial charge is 0.497 e. The first-order valence-electron chi connectivity index (χ1n) is 12.7. The number of pyridine rings is 1. The van der Waals surface area contributed by atoms with Crippen molar-refractivity contribution in [1.29, 1.82) is 0 Å². The monoisotopic (exact) mass is 554 g/mol. The Morgan fingerprint density at radius 3 is 2.79 bits per heavy atom. The Balaban J connectivity index is 1.40. The van der Waals surface area contributed by atoms with Crippen molar-refractivity contribution in [2.45, 2.75) is 38.7 Å². The smallest absolute Gasteiger partial charge is 0.303 e. The molecule has 3 aromatic rings. The molecule has 38 heavy (non-hydrogen) atoms. The number of aryl methyl sites for hydroxylation is 1. The lowest BCUT2D eigenvalue weighted by molar-refractivity contribution is -0.139. The van der Waals surface area contributed by atoms with Crippen molar-refractivity contribution in [2.75, 3.05) is 26.7 Å². The second-order valence-electron chi connectivity index (χ2n) is 9.90. The van der Waals surface area contributed by atoms with E-state index >= 15 is 0 Å². The summed E-state index contributed by atoms with van der Waals surface area (Å²) >= 11 is 12.4. The number of carboxylic acids is 1. The van der Waals surface area contributed by atoms with Gasteiger partial charge in [0.1, 0.15) is 5.75 Å². The number of hydrogen-bond acceptors (Lipinski definition) is 5. The summed E-state index contributed by atoms with van der Waals surface area (Å²) in [7, 11) is 1.61. The number of benzene rings is 2. The van der Waals surface area contributed by atoms with Gasteiger partial charge in [-0.05, 0) is 92.1 Å². The van der Waals surface area contributed by atoms with Crippen LogP contribution in [0.4, 0.5) is 0 Å². The Morgan fingerprint density at radius 2 is 2.05 bits per heavy atom. The standard InChI is InChI=1S/C30H32Cl2N2O4/c1-19-14-22(31)16-27(32)24(19)4-3-12-34-13-10-20(21(18-34)15-30(36)37)5-8-29(35)25-9-11-33-28-7-6-23(38-2)17-26(25)28/h6-7,9,11,14,16-17,20-21,29,35H,5,8,10,12-13,15,18H2,1-2H3,(H,36,37)/t20-,21+,29?/m1/s1. The third-order valence-corrected chi connectivity index (χ3v) is 7.85. The normalized spacial score (nSPS) is 18.6. The number of nitrogens with zero attached hydrogens (tertiary/aromatic N) is 2. The predicted octanol–water partition coefficient (Wildman–Crippen LogP) is 6.14. The minimum Gasteiger partial charge on any atom is -0.497 e. The first-order valence-corrected chi connectivity index (χ1v) is 13.5. The maximum atomic E-state index is 11.6. The van der Waals surface area contributed by atoms with Gasteiger partial charge in [0.2, 0.25) is 0 Å². The summed E-state index contributed by atoms with van der Waals surface area (Å²) in [6.07, 6.45) is 3.28. The van der Waals surface area contributed by atoms with E-state index in [0.717, 1.165) is 47.0 Å². The van der Waals surface area contributed by atoms with Gasteiger partial charge >= 0.3 is 5.97 Å². The molecule has 8 heteroatoms. The van der Waals surface area contributed by atoms with Gasteiger partial charge in [-0.3, -0.25) is 14.7 Å². The van der Waals surface area contributed by atoms with Crippen molar-refractivity contribution in [3.63, 3.8) is 0 Å². The molecule has 2 N–H and O–H groups in total. The molecule has 3 atom stereocenters. The average molecular weight is 556 g/mol. The fourth-order valence-corrected chi connectivity index (χ4v) is 5.97. The maximum absolute atomic E-state index is 11.6. The third kappa shape index (κ3) is 6.98. The number of likely N-dealkylation sites (tertiary alicyclic amines) is 1. The van der Waals surface area contributed by atoms with Crippen LogP contribution in [0.15, 0.2) is 42.6 Å². The van der Waals surface area contributed by atoms with E-state index in [1.54, 1.807) is 19.4 Å². The number of carbonyl (C=O) groups is 1. The van der Waals surface area contributed by atoms with E-state index in [1.807, 2.05) is 37.3 Å². The topological polar surface area (TPSA) is 82.9 Å². The van der Waals surface area contributed by atoms with Gasteiger partial charge in [-0.15, -0.1) is 0 Å². The summed E-state index contributed by atoms with van der Waals surface area (Å²) in [6.45, 7) is 3.95. The van der Waals surface area contributed by atoms with Gasteiger partial charge < -0.3 is 14.9 Å². The molecule has 1 aliphatic rings. The molecule has 1 unspecified atom stereocenters. The van der Waals surface area contributed by atoms with Gasteiger partial charge in [0, 0.05) is 35.1 Å². The van der Waals surface area contributed by atoms with Crippen LogP contribution in [-0.4, -0.2) is 52.8 Å². The predicted molar refractivity (Wildman–Crippen MR) is 151 cm³/mol. The molecule has 1 fully saturated rings. The van der Waals surface area contributed by atoms with E-state index in [0.29, 0.717) is 35.3 Å². The van der Waals surface area contributed by atoms with Crippen LogP contribution in [0.1, 0.15) is 48.5 Å². The van der Waals surface area contributed by atoms with Crippen molar-refractivity contribution in [1.82, 2.24) is 9.88 Å². The van der Waals surface area contributed by atoms with Gasteiger partial charge in [-0.1, -0.05) is 35.0 Å². The number of piperidine rings is 1. The summed E-state index contributed by atoms with van der Waals surface area (Å²) in [6, 6.07) is 11.0. The number of ether oxygens (including phenoxy) is 1. The van der Waals surface area contributed by atoms with Gasteiger partial charge in [0.05, 0.1) is 30.3 Å². The highest BCUT2D eigenvalue weighted by Gasteiger charge is 2.31. The van der Waals surface area contributed by atoms with Crippen LogP contribution in [-0.2, 0) is 4.79 Å². The first-order chi connectivity index (χ1) is 18.2. The highest BCUT2D eigenvalue weighted by Crippen LogP contribution is 2.34. The van der Waals surface area contributed by atoms with Crippen molar-refractivity contribution in [2.24, 2.45) is 11.8 Å². The second-order valence-corrected chi connectivity index (χ2v) is 10.7. The van der Waals surface area contributed by atoms with E-state index in [2.05, 4.69) is 21.7 Å². The number of aliphatic carboxylic acids is 1. The molecule has 0 bridgehead atoms. The SMILES string of the molecule is COc1ccc2nccc(C(O)CC[C@@H]3CCN(CC#Cc4c(C)cc(Cl)cc4Cl)C[C@@H]3CC(=O)O)c2c1. The van der Waals surface area contributed by atoms with E-state index < -0.39 is 12.1 Å². The third-order valence-electron chi connectivity index (χ3n) is 7.33. The number of hydrogen-bond donors (Lipinski definition) is 2. The van der Waals surface area contributed by atoms with Gasteiger partial charge in [-0.2, -0.15) is 0 Å². The molecule has 2 aromatic carbocycles. The fraction of sp³-hybridized carbons (Fsp3) is 0.400. The lowest BCUT2D eigenvalue weighted by atomic mass is 9.79. The molecule has 4 rings (SSSR count). The van der Waals surface area contributed by atoms with E-state index in [-0.39, 0.29) is 18.3 Å². The minimum absolute atomic E-state index is 0.00890. The zero-order valence-corrected chi connectivity index (χ0v) is 23.1. The van der Waals surface area contributed by atoms with Crippen LogP contribution in [0.25, 0.3) is 10.9 Å². The fourth-order valence-electron chi connectivity index (χ4n) is 5.33. The summed E-state index contributed by atoms with van der Waals surface area (Å²) in [5.74, 6) is 6.47. The van der Waals surface area contributed by atoms with Crippen LogP contribution in [0, 0.1) is 30.6 Å². The van der Waals surface area contributed by atoms with Crippen LogP contribution in [0.2, 0.25) is 10.0 Å². The highest BCUT2D eigenvalue weighted by molar-refractivity contribution is 6.35. The molecular formula is C30H32Cl2N2O4. The maximum Gasteiger partial charge on any atom is 0.303 e. The molecule has 0 amide bonds. The molecule has 0 spiro atoms. The van der Waals surface area contributed by atoms with Crippen LogP contribution < -0.4 is 4.74 Å². The lowest BCUT2D eigenvalue weighted by Gasteiger charge is -2.37. The van der Waals surface area contributed by atoms with Crippen molar-refractivity contribution >= 4 is 40.1 Å². The van der Waals surface area contributed by atoms with Crippen LogP contribution >= 0.6 is 23.2 Å². The Labute approximate surface area is 233 Å². The van der Waals surface area contributed by atoms with Crippen molar-refractivity contribution < 1.29 is 19.7 Å². The highest BCUT2D eigenvalue weighted by atomic mass is 35.5. The quantitative estimate of drug-likeness (QED) is 0.325. The number of aromatic nitrogens is 1. The molecule has 2 heterocycles. The summed E-state index contributed by atoms with van der Waals surface area (Å²) in [5, 5.41) is 22.6. The summed E-state index contributed by atoms with van der Waals surface area (Å²) < 4.78 is 5.35. The molecule has 0 radical (unpaired) electrons. The number of aliphatic hydroxyl groups excluding tert-OH is 1. The number of fused-ring (bicyclic) bond motifs is 1. The Kier molecular flexibility index (Phi) is 9.51.